The second-order valence-corrected chi connectivity index (χ2v) is 10.3. The lowest BCUT2D eigenvalue weighted by atomic mass is 10.1. The summed E-state index contributed by atoms with van der Waals surface area (Å²) in [5.74, 6) is -0.231. The van der Waals surface area contributed by atoms with Crippen LogP contribution in [-0.2, 0) is 23.3 Å². The van der Waals surface area contributed by atoms with E-state index in [1.807, 2.05) is 6.92 Å². The summed E-state index contributed by atoms with van der Waals surface area (Å²) in [6.07, 6.45) is 7.00. The lowest BCUT2D eigenvalue weighted by Crippen LogP contribution is -2.31. The van der Waals surface area contributed by atoms with Gasteiger partial charge in [-0.3, -0.25) is 4.79 Å². The van der Waals surface area contributed by atoms with E-state index < -0.39 is 12.0 Å². The summed E-state index contributed by atoms with van der Waals surface area (Å²) in [5, 5.41) is 5.93. The Kier molecular flexibility index (Phi) is 11.2. The highest BCUT2D eigenvalue weighted by Crippen LogP contribution is 2.20. The Labute approximate surface area is 246 Å². The minimum atomic E-state index is -0.443. The Morgan fingerprint density at radius 3 is 2.48 bits per heavy atom. The van der Waals surface area contributed by atoms with Gasteiger partial charge in [0.25, 0.3) is 5.56 Å². The van der Waals surface area contributed by atoms with Crippen molar-refractivity contribution in [2.45, 2.75) is 43.5 Å². The van der Waals surface area contributed by atoms with E-state index in [1.165, 1.54) is 30.2 Å². The molecule has 4 aromatic rings. The summed E-state index contributed by atoms with van der Waals surface area (Å²) in [5.41, 5.74) is 3.26. The maximum absolute atomic E-state index is 13.2. The van der Waals surface area contributed by atoms with E-state index in [1.54, 1.807) is 48.8 Å². The zero-order valence-corrected chi connectivity index (χ0v) is 23.9. The third-order valence-corrected chi connectivity index (χ3v) is 7.06. The molecule has 10 nitrogen and oxygen atoms in total. The second-order valence-electron chi connectivity index (χ2n) is 9.33. The molecule has 2 amide bonds. The fourth-order valence-corrected chi connectivity index (χ4v) is 4.72. The van der Waals surface area contributed by atoms with Gasteiger partial charge in [-0.2, -0.15) is 0 Å². The number of esters is 1. The average Bonchev–Trinajstić information content (AvgIpc) is 2.99. The first-order chi connectivity index (χ1) is 20.4. The molecule has 0 unspecified atom stereocenters. The second kappa shape index (κ2) is 15.4. The van der Waals surface area contributed by atoms with Gasteiger partial charge in [0.05, 0.1) is 17.9 Å². The molecule has 2 aromatic heterocycles. The van der Waals surface area contributed by atoms with E-state index in [2.05, 4.69) is 30.6 Å². The minimum absolute atomic E-state index is 0.213. The molecule has 3 N–H and O–H groups in total. The maximum atomic E-state index is 13.2. The van der Waals surface area contributed by atoms with Gasteiger partial charge in [-0.25, -0.2) is 28.9 Å². The zero-order valence-electron chi connectivity index (χ0n) is 23.1. The summed E-state index contributed by atoms with van der Waals surface area (Å²) >= 11 is 1.33. The Balaban J connectivity index is 1.38. The molecule has 218 valence electrons. The van der Waals surface area contributed by atoms with Gasteiger partial charge in [0.15, 0.2) is 5.16 Å². The van der Waals surface area contributed by atoms with Crippen LogP contribution in [0.4, 0.5) is 14.9 Å². The van der Waals surface area contributed by atoms with E-state index in [0.29, 0.717) is 46.4 Å². The van der Waals surface area contributed by atoms with E-state index >= 15 is 0 Å². The largest absolute Gasteiger partial charge is 0.462 e. The standard InChI is InChI=1S/C30H31FN6O4S/c1-2-3-14-41-28(39)22-6-10-24(11-7-22)35-29(40)34-13-12-26-25(15-21-16-32-19-33-17-21)27(38)37-30(36-26)42-18-20-4-8-23(31)9-5-20/h4-11,16-17,19H,2-3,12-15,18H2,1H3,(H2,34,35,40)(H,36,37,38). The van der Waals surface area contributed by atoms with Crippen LogP contribution >= 0.6 is 11.8 Å². The first-order valence-corrected chi connectivity index (χ1v) is 14.4. The monoisotopic (exact) mass is 590 g/mol. The number of carbonyl (C=O) groups excluding carboxylic acids is 2. The number of halogens is 1. The van der Waals surface area contributed by atoms with Crippen LogP contribution < -0.4 is 16.2 Å². The molecule has 12 heteroatoms. The third-order valence-electron chi connectivity index (χ3n) is 6.12. The molecule has 0 atom stereocenters. The van der Waals surface area contributed by atoms with Crippen molar-refractivity contribution < 1.29 is 18.7 Å². The number of nitrogens with one attached hydrogen (secondary N) is 3. The fourth-order valence-electron chi connectivity index (χ4n) is 3.89. The number of thioether (sulfide) groups is 1. The molecular weight excluding hydrogens is 559 g/mol. The van der Waals surface area contributed by atoms with Crippen molar-refractivity contribution >= 4 is 29.4 Å². The molecule has 0 saturated carbocycles. The highest BCUT2D eigenvalue weighted by atomic mass is 32.2. The number of carbonyl (C=O) groups is 2. The van der Waals surface area contributed by atoms with Crippen LogP contribution in [0.25, 0.3) is 0 Å². The number of rotatable bonds is 13. The van der Waals surface area contributed by atoms with Gasteiger partial charge in [0.1, 0.15) is 12.1 Å². The van der Waals surface area contributed by atoms with Gasteiger partial charge in [0, 0.05) is 48.8 Å². The SMILES string of the molecule is CCCCOC(=O)c1ccc(NC(=O)NCCc2nc(SCc3ccc(F)cc3)[nH]c(=O)c2Cc2cncnc2)cc1. The first-order valence-electron chi connectivity index (χ1n) is 13.5. The number of aromatic amines is 1. The Bertz CT molecular complexity index is 1530. The van der Waals surface area contributed by atoms with Gasteiger partial charge in [-0.05, 0) is 53.9 Å². The summed E-state index contributed by atoms with van der Waals surface area (Å²) in [6.45, 7) is 2.60. The number of urea groups is 1. The Morgan fingerprint density at radius 2 is 1.76 bits per heavy atom. The predicted octanol–water partition coefficient (Wildman–Crippen LogP) is 4.90. The third kappa shape index (κ3) is 9.23. The van der Waals surface area contributed by atoms with Crippen molar-refractivity contribution in [1.82, 2.24) is 25.3 Å². The van der Waals surface area contributed by atoms with Crippen molar-refractivity contribution in [3.63, 3.8) is 0 Å². The summed E-state index contributed by atoms with van der Waals surface area (Å²) < 4.78 is 18.4. The van der Waals surface area contributed by atoms with Crippen LogP contribution in [0, 0.1) is 5.82 Å². The topological polar surface area (TPSA) is 139 Å². The molecule has 0 aliphatic heterocycles. The van der Waals surface area contributed by atoms with Gasteiger partial charge in [-0.15, -0.1) is 0 Å². The molecule has 4 rings (SSSR count). The lowest BCUT2D eigenvalue weighted by molar-refractivity contribution is 0.0499. The quantitative estimate of drug-likeness (QED) is 0.0865. The highest BCUT2D eigenvalue weighted by molar-refractivity contribution is 7.98. The Hall–Kier alpha value is -4.58. The molecular formula is C30H31FN6O4S. The van der Waals surface area contributed by atoms with Crippen LogP contribution in [0.3, 0.4) is 0 Å². The van der Waals surface area contributed by atoms with Crippen LogP contribution in [0.1, 0.15) is 52.5 Å². The number of anilines is 1. The van der Waals surface area contributed by atoms with Crippen molar-refractivity contribution in [2.24, 2.45) is 0 Å². The van der Waals surface area contributed by atoms with Crippen molar-refractivity contribution in [3.8, 4) is 0 Å². The number of nitrogens with zero attached hydrogens (tertiary/aromatic N) is 3. The number of unbranched alkanes of at least 4 members (excludes halogenated alkanes) is 1. The van der Waals surface area contributed by atoms with Crippen molar-refractivity contribution in [1.29, 1.82) is 0 Å². The van der Waals surface area contributed by atoms with Crippen molar-refractivity contribution in [3.05, 3.63) is 111 Å². The minimum Gasteiger partial charge on any atom is -0.462 e. The lowest BCUT2D eigenvalue weighted by Gasteiger charge is -2.12. The van der Waals surface area contributed by atoms with E-state index in [0.717, 1.165) is 24.0 Å². The smallest absolute Gasteiger partial charge is 0.338 e. The predicted molar refractivity (Wildman–Crippen MR) is 158 cm³/mol. The maximum Gasteiger partial charge on any atom is 0.338 e. The number of amides is 2. The average molecular weight is 591 g/mol. The summed E-state index contributed by atoms with van der Waals surface area (Å²) in [4.78, 5) is 53.2. The molecule has 0 spiro atoms. The van der Waals surface area contributed by atoms with Gasteiger partial charge in [0.2, 0.25) is 0 Å². The highest BCUT2D eigenvalue weighted by Gasteiger charge is 2.14. The van der Waals surface area contributed by atoms with Crippen LogP contribution in [0.15, 0.2) is 77.2 Å². The molecule has 2 heterocycles. The molecule has 0 radical (unpaired) electrons. The molecule has 0 saturated heterocycles. The molecule has 2 aromatic carbocycles. The molecule has 0 bridgehead atoms. The fraction of sp³-hybridized carbons (Fsp3) is 0.267. The number of hydrogen-bond acceptors (Lipinski definition) is 8. The van der Waals surface area contributed by atoms with E-state index in [9.17, 15) is 18.8 Å². The molecule has 0 aliphatic rings. The van der Waals surface area contributed by atoms with E-state index in [4.69, 9.17) is 4.74 Å². The molecule has 42 heavy (non-hydrogen) atoms. The van der Waals surface area contributed by atoms with Crippen LogP contribution in [0.5, 0.6) is 0 Å². The first kappa shape index (κ1) is 30.4. The van der Waals surface area contributed by atoms with Gasteiger partial charge in [-0.1, -0.05) is 37.2 Å². The normalized spacial score (nSPS) is 10.7. The van der Waals surface area contributed by atoms with Gasteiger partial charge >= 0.3 is 12.0 Å². The van der Waals surface area contributed by atoms with Gasteiger partial charge < -0.3 is 20.4 Å². The molecule has 0 fully saturated rings. The van der Waals surface area contributed by atoms with Crippen molar-refractivity contribution in [2.75, 3.05) is 18.5 Å². The number of ether oxygens (including phenoxy) is 1. The number of aromatic nitrogens is 4. The van der Waals surface area contributed by atoms with Crippen LogP contribution in [-0.4, -0.2) is 45.1 Å². The van der Waals surface area contributed by atoms with Crippen LogP contribution in [0.2, 0.25) is 0 Å². The molecule has 0 aliphatic carbocycles. The summed E-state index contributed by atoms with van der Waals surface area (Å²) in [7, 11) is 0. The summed E-state index contributed by atoms with van der Waals surface area (Å²) in [6, 6.07) is 12.1. The Morgan fingerprint density at radius 1 is 1.02 bits per heavy atom. The number of H-pyrrole nitrogens is 1. The number of hydrogen-bond donors (Lipinski definition) is 3. The zero-order chi connectivity index (χ0) is 29.7. The van der Waals surface area contributed by atoms with E-state index in [-0.39, 0.29) is 24.3 Å². The number of benzene rings is 2.